The molecule has 1 amide bonds. The van der Waals surface area contributed by atoms with Gasteiger partial charge in [-0.15, -0.1) is 5.10 Å². The number of amides is 1. The average Bonchev–Trinajstić information content (AvgIpc) is 3.16. The van der Waals surface area contributed by atoms with Crippen LogP contribution in [0.1, 0.15) is 17.7 Å². The predicted molar refractivity (Wildman–Crippen MR) is 109 cm³/mol. The Kier molecular flexibility index (Phi) is 6.47. The Bertz CT molecular complexity index is 1050. The van der Waals surface area contributed by atoms with E-state index in [4.69, 9.17) is 0 Å². The number of tetrazole rings is 1. The van der Waals surface area contributed by atoms with E-state index in [1.165, 1.54) is 23.5 Å². The zero-order valence-corrected chi connectivity index (χ0v) is 17.2. The molecule has 0 aliphatic rings. The van der Waals surface area contributed by atoms with Gasteiger partial charge < -0.3 is 10.3 Å². The summed E-state index contributed by atoms with van der Waals surface area (Å²) in [4.78, 5) is 31.6. The van der Waals surface area contributed by atoms with Gasteiger partial charge in [-0.3, -0.25) is 9.59 Å². The second-order valence-electron chi connectivity index (χ2n) is 5.82. The smallest absolute Gasteiger partial charge is 0.254 e. The van der Waals surface area contributed by atoms with E-state index in [-0.39, 0.29) is 17.9 Å². The van der Waals surface area contributed by atoms with Crippen LogP contribution in [0.2, 0.25) is 0 Å². The summed E-state index contributed by atoms with van der Waals surface area (Å²) in [5.74, 6) is -0.188. The summed E-state index contributed by atoms with van der Waals surface area (Å²) in [6.07, 6.45) is 4.22. The van der Waals surface area contributed by atoms with Crippen LogP contribution in [0.15, 0.2) is 39.4 Å². The van der Waals surface area contributed by atoms with Gasteiger partial charge >= 0.3 is 0 Å². The number of carbonyl (C=O) groups excluding carboxylic acids is 1. The van der Waals surface area contributed by atoms with E-state index in [0.29, 0.717) is 33.7 Å². The van der Waals surface area contributed by atoms with Crippen LogP contribution in [0, 0.1) is 6.92 Å². The fourth-order valence-corrected chi connectivity index (χ4v) is 3.48. The Morgan fingerprint density at radius 2 is 2.11 bits per heavy atom. The van der Waals surface area contributed by atoms with Crippen molar-refractivity contribution in [1.29, 1.82) is 0 Å². The number of carbonyl (C=O) groups is 1. The molecule has 0 spiro atoms. The lowest BCUT2D eigenvalue weighted by atomic mass is 10.1. The van der Waals surface area contributed by atoms with Gasteiger partial charge in [0.25, 0.3) is 5.56 Å². The van der Waals surface area contributed by atoms with Crippen LogP contribution >= 0.6 is 23.5 Å². The summed E-state index contributed by atoms with van der Waals surface area (Å²) >= 11 is 2.80. The monoisotopic (exact) mass is 417 g/mol. The molecule has 3 aromatic rings. The van der Waals surface area contributed by atoms with Crippen molar-refractivity contribution >= 4 is 35.1 Å². The number of benzene rings is 1. The first-order valence-corrected chi connectivity index (χ1v) is 10.8. The van der Waals surface area contributed by atoms with E-state index < -0.39 is 0 Å². The van der Waals surface area contributed by atoms with Crippen molar-refractivity contribution in [3.63, 3.8) is 0 Å². The number of aromatic nitrogens is 6. The highest BCUT2D eigenvalue weighted by atomic mass is 32.2. The molecule has 2 aromatic heterocycles. The number of anilines is 1. The Morgan fingerprint density at radius 3 is 2.82 bits per heavy atom. The number of aryl methyl sites for hydroxylation is 1. The maximum Gasteiger partial charge on any atom is 0.254 e. The van der Waals surface area contributed by atoms with E-state index in [1.54, 1.807) is 23.7 Å². The molecule has 2 N–H and O–H groups in total. The quantitative estimate of drug-likeness (QED) is 0.443. The van der Waals surface area contributed by atoms with Crippen molar-refractivity contribution in [2.45, 2.75) is 30.1 Å². The van der Waals surface area contributed by atoms with Gasteiger partial charge in [-0.25, -0.2) is 4.98 Å². The lowest BCUT2D eigenvalue weighted by Crippen LogP contribution is -2.20. The number of H-pyrrole nitrogens is 1. The zero-order valence-electron chi connectivity index (χ0n) is 15.6. The molecule has 0 fully saturated rings. The number of thioether (sulfide) groups is 2. The van der Waals surface area contributed by atoms with Crippen LogP contribution < -0.4 is 10.9 Å². The molecule has 146 valence electrons. The number of hydrogen-bond donors (Lipinski definition) is 2. The molecule has 2 heterocycles. The molecule has 0 aliphatic carbocycles. The number of rotatable bonds is 7. The molecule has 9 nitrogen and oxygen atoms in total. The molecule has 28 heavy (non-hydrogen) atoms. The third-order valence-electron chi connectivity index (χ3n) is 3.99. The van der Waals surface area contributed by atoms with Crippen molar-refractivity contribution in [2.75, 3.05) is 17.8 Å². The summed E-state index contributed by atoms with van der Waals surface area (Å²) in [7, 11) is 0. The number of nitrogens with one attached hydrogen (secondary N) is 2. The van der Waals surface area contributed by atoms with Crippen LogP contribution in [-0.2, 0) is 11.2 Å². The Morgan fingerprint density at radius 1 is 1.29 bits per heavy atom. The second-order valence-corrected chi connectivity index (χ2v) is 7.38. The van der Waals surface area contributed by atoms with Gasteiger partial charge in [-0.1, -0.05) is 29.6 Å². The number of aromatic amines is 1. The lowest BCUT2D eigenvalue weighted by molar-refractivity contribution is -0.116. The molecule has 0 bridgehead atoms. The van der Waals surface area contributed by atoms with Gasteiger partial charge in [-0.05, 0) is 54.5 Å². The molecule has 1 aromatic carbocycles. The molecule has 0 atom stereocenters. The highest BCUT2D eigenvalue weighted by Crippen LogP contribution is 2.19. The van der Waals surface area contributed by atoms with Gasteiger partial charge in [0.15, 0.2) is 5.16 Å². The zero-order chi connectivity index (χ0) is 20.1. The van der Waals surface area contributed by atoms with E-state index in [1.807, 2.05) is 24.6 Å². The standard InChI is InChI=1S/C17H19N7O2S2/c1-10-13(15(26)20-16(18-10)27-2)7-8-14(25)19-11-5-4-6-12(9-11)24-17(28-3)21-22-23-24/h4-6,9H,7-8H2,1-3H3,(H,19,25)(H,18,20,26). The molecule has 0 aliphatic heterocycles. The molecule has 0 saturated carbocycles. The van der Waals surface area contributed by atoms with Gasteiger partial charge in [0.1, 0.15) is 0 Å². The Balaban J connectivity index is 1.68. The summed E-state index contributed by atoms with van der Waals surface area (Å²) in [6, 6.07) is 7.25. The van der Waals surface area contributed by atoms with E-state index in [9.17, 15) is 9.59 Å². The van der Waals surface area contributed by atoms with E-state index in [2.05, 4.69) is 30.8 Å². The van der Waals surface area contributed by atoms with Crippen molar-refractivity contribution in [3.05, 3.63) is 45.9 Å². The van der Waals surface area contributed by atoms with Crippen molar-refractivity contribution < 1.29 is 4.79 Å². The fraction of sp³-hybridized carbons (Fsp3) is 0.294. The van der Waals surface area contributed by atoms with E-state index >= 15 is 0 Å². The third kappa shape index (κ3) is 4.60. The topological polar surface area (TPSA) is 118 Å². The summed E-state index contributed by atoms with van der Waals surface area (Å²) in [6.45, 7) is 1.78. The lowest BCUT2D eigenvalue weighted by Gasteiger charge is -2.09. The SMILES string of the molecule is CSc1nc(C)c(CCC(=O)Nc2cccc(-n3nnnc3SC)c2)c(=O)[nH]1. The summed E-state index contributed by atoms with van der Waals surface area (Å²) < 4.78 is 1.60. The van der Waals surface area contributed by atoms with Gasteiger partial charge in [-0.2, -0.15) is 4.68 Å². The maximum absolute atomic E-state index is 12.4. The van der Waals surface area contributed by atoms with Crippen LogP contribution in [-0.4, -0.2) is 48.6 Å². The predicted octanol–water partition coefficient (Wildman–Crippen LogP) is 2.07. The van der Waals surface area contributed by atoms with Crippen molar-refractivity contribution in [1.82, 2.24) is 30.2 Å². The normalized spacial score (nSPS) is 10.8. The second kappa shape index (κ2) is 9.02. The third-order valence-corrected chi connectivity index (χ3v) is 5.19. The highest BCUT2D eigenvalue weighted by molar-refractivity contribution is 7.98. The fourth-order valence-electron chi connectivity index (χ4n) is 2.62. The molecular formula is C17H19N7O2S2. The molecule has 3 rings (SSSR count). The first-order chi connectivity index (χ1) is 13.5. The molecule has 11 heteroatoms. The molecule has 0 radical (unpaired) electrons. The maximum atomic E-state index is 12.4. The Hall–Kier alpha value is -2.66. The Labute approximate surface area is 169 Å². The van der Waals surface area contributed by atoms with E-state index in [0.717, 1.165) is 5.69 Å². The molecular weight excluding hydrogens is 398 g/mol. The minimum Gasteiger partial charge on any atom is -0.326 e. The average molecular weight is 418 g/mol. The van der Waals surface area contributed by atoms with Crippen LogP contribution in [0.5, 0.6) is 0 Å². The minimum atomic E-state index is -0.199. The number of nitrogens with zero attached hydrogens (tertiary/aromatic N) is 5. The molecule has 0 saturated heterocycles. The van der Waals surface area contributed by atoms with Crippen LogP contribution in [0.4, 0.5) is 5.69 Å². The largest absolute Gasteiger partial charge is 0.326 e. The summed E-state index contributed by atoms with van der Waals surface area (Å²) in [5, 5.41) is 15.6. The van der Waals surface area contributed by atoms with Gasteiger partial charge in [0.05, 0.1) is 5.69 Å². The highest BCUT2D eigenvalue weighted by Gasteiger charge is 2.12. The van der Waals surface area contributed by atoms with Gasteiger partial charge in [0, 0.05) is 23.4 Å². The first kappa shape index (κ1) is 20.1. The van der Waals surface area contributed by atoms with Crippen molar-refractivity contribution in [3.8, 4) is 5.69 Å². The minimum absolute atomic E-state index is 0.176. The van der Waals surface area contributed by atoms with Crippen LogP contribution in [0.3, 0.4) is 0 Å². The first-order valence-electron chi connectivity index (χ1n) is 8.38. The summed E-state index contributed by atoms with van der Waals surface area (Å²) in [5.41, 5.74) is 2.35. The molecule has 0 unspecified atom stereocenters. The van der Waals surface area contributed by atoms with Crippen molar-refractivity contribution in [2.24, 2.45) is 0 Å². The van der Waals surface area contributed by atoms with Gasteiger partial charge in [0.2, 0.25) is 11.1 Å². The number of hydrogen-bond acceptors (Lipinski definition) is 8. The van der Waals surface area contributed by atoms with Crippen LogP contribution in [0.25, 0.3) is 5.69 Å².